The van der Waals surface area contributed by atoms with E-state index in [2.05, 4.69) is 5.10 Å². The molecule has 0 radical (unpaired) electrons. The Morgan fingerprint density at radius 1 is 1.46 bits per heavy atom. The summed E-state index contributed by atoms with van der Waals surface area (Å²) in [6, 6.07) is 6.05. The molecule has 8 heteroatoms. The zero-order chi connectivity index (χ0) is 17.2. The zero-order valence-corrected chi connectivity index (χ0v) is 15.2. The largest absolute Gasteiger partial charge is 0.268 e. The lowest BCUT2D eigenvalue weighted by molar-refractivity contribution is 0.463. The van der Waals surface area contributed by atoms with E-state index in [1.165, 1.54) is 22.7 Å². The Hall–Kier alpha value is -1.69. The maximum absolute atomic E-state index is 13.0. The number of hydrogen-bond acceptors (Lipinski definition) is 5. The summed E-state index contributed by atoms with van der Waals surface area (Å²) in [6.45, 7) is 0.178. The van der Waals surface area contributed by atoms with Crippen molar-refractivity contribution < 1.29 is 8.42 Å². The third kappa shape index (κ3) is 3.24. The molecule has 1 aliphatic rings. The summed E-state index contributed by atoms with van der Waals surface area (Å²) in [5.74, 6) is 0. The summed E-state index contributed by atoms with van der Waals surface area (Å²) in [7, 11) is -2.16. The van der Waals surface area contributed by atoms with Crippen LogP contribution in [0.5, 0.6) is 0 Å². The van der Waals surface area contributed by atoms with Gasteiger partial charge in [0.15, 0.2) is 0 Å². The average Bonchev–Trinajstić information content (AvgIpc) is 3.32. The summed E-state index contributed by atoms with van der Waals surface area (Å²) >= 11 is 1.48. The lowest BCUT2D eigenvalue weighted by atomic mass is 10.3. The number of nitrogens with zero attached hydrogens (tertiary/aromatic N) is 4. The van der Waals surface area contributed by atoms with Crippen LogP contribution in [0.15, 0.2) is 28.6 Å². The van der Waals surface area contributed by atoms with Crippen LogP contribution in [-0.2, 0) is 10.0 Å². The molecule has 0 spiro atoms. The van der Waals surface area contributed by atoms with Crippen LogP contribution in [-0.4, -0.2) is 36.1 Å². The molecule has 2 aromatic rings. The quantitative estimate of drug-likeness (QED) is 0.788. The van der Waals surface area contributed by atoms with Crippen molar-refractivity contribution in [1.82, 2.24) is 14.1 Å². The summed E-state index contributed by atoms with van der Waals surface area (Å²) < 4.78 is 29.0. The molecule has 0 unspecified atom stereocenters. The Morgan fingerprint density at radius 2 is 2.21 bits per heavy atom. The molecule has 3 rings (SSSR count). The van der Waals surface area contributed by atoms with E-state index in [4.69, 9.17) is 5.26 Å². The van der Waals surface area contributed by atoms with Crippen LogP contribution in [0, 0.1) is 11.3 Å². The van der Waals surface area contributed by atoms with Gasteiger partial charge in [0.25, 0.3) is 0 Å². The molecule has 6 nitrogen and oxygen atoms in total. The maximum atomic E-state index is 13.0. The number of nitriles is 1. The van der Waals surface area contributed by atoms with E-state index >= 15 is 0 Å². The van der Waals surface area contributed by atoms with E-state index in [-0.39, 0.29) is 23.9 Å². The van der Waals surface area contributed by atoms with E-state index in [0.29, 0.717) is 5.69 Å². The Morgan fingerprint density at radius 3 is 2.83 bits per heavy atom. The minimum atomic E-state index is -3.67. The molecule has 2 heterocycles. The molecule has 2 aromatic heterocycles. The monoisotopic (exact) mass is 364 g/mol. The predicted octanol–water partition coefficient (Wildman–Crippen LogP) is 3.26. The van der Waals surface area contributed by atoms with Crippen LogP contribution in [0.4, 0.5) is 0 Å². The fraction of sp³-hybridized carbons (Fsp3) is 0.500. The van der Waals surface area contributed by atoms with Gasteiger partial charge in [-0.1, -0.05) is 18.9 Å². The van der Waals surface area contributed by atoms with Crippen LogP contribution in [0.2, 0.25) is 0 Å². The molecular weight excluding hydrogens is 344 g/mol. The molecule has 24 heavy (non-hydrogen) atoms. The first-order valence-electron chi connectivity index (χ1n) is 8.00. The van der Waals surface area contributed by atoms with E-state index in [0.717, 1.165) is 30.6 Å². The third-order valence-electron chi connectivity index (χ3n) is 4.38. The highest BCUT2D eigenvalue weighted by Gasteiger charge is 2.30. The standard InChI is InChI=1S/C16H20N4O2S2/c1-19(10-5-9-17)24(21,22)15-12-20(13-6-2-3-7-13)18-16(15)14-8-4-11-23-14/h4,8,11-13H,2-3,5-7,10H2,1H3. The first kappa shape index (κ1) is 17.1. The third-order valence-corrected chi connectivity index (χ3v) is 7.11. The molecule has 128 valence electrons. The van der Waals surface area contributed by atoms with Crippen molar-refractivity contribution in [3.8, 4) is 16.6 Å². The molecule has 1 saturated carbocycles. The van der Waals surface area contributed by atoms with Crippen molar-refractivity contribution in [2.24, 2.45) is 0 Å². The normalized spacial score (nSPS) is 15.9. The summed E-state index contributed by atoms with van der Waals surface area (Å²) in [5, 5.41) is 15.3. The number of rotatable bonds is 6. The lowest BCUT2D eigenvalue weighted by Crippen LogP contribution is -2.28. The van der Waals surface area contributed by atoms with E-state index in [9.17, 15) is 8.42 Å². The lowest BCUT2D eigenvalue weighted by Gasteiger charge is -2.15. The van der Waals surface area contributed by atoms with Crippen molar-refractivity contribution >= 4 is 21.4 Å². The van der Waals surface area contributed by atoms with Gasteiger partial charge in [0, 0.05) is 26.2 Å². The van der Waals surface area contributed by atoms with Crippen LogP contribution in [0.1, 0.15) is 38.1 Å². The van der Waals surface area contributed by atoms with Crippen LogP contribution in [0.25, 0.3) is 10.6 Å². The second-order valence-corrected chi connectivity index (χ2v) is 8.93. The van der Waals surface area contributed by atoms with Crippen molar-refractivity contribution in [2.75, 3.05) is 13.6 Å². The first-order valence-corrected chi connectivity index (χ1v) is 10.3. The van der Waals surface area contributed by atoms with Crippen LogP contribution in [0.3, 0.4) is 0 Å². The summed E-state index contributed by atoms with van der Waals surface area (Å²) in [5.41, 5.74) is 0.515. The highest BCUT2D eigenvalue weighted by Crippen LogP contribution is 2.35. The number of aromatic nitrogens is 2. The van der Waals surface area contributed by atoms with Gasteiger partial charge in [-0.25, -0.2) is 8.42 Å². The number of hydrogen-bond donors (Lipinski definition) is 0. The minimum Gasteiger partial charge on any atom is -0.268 e. The second-order valence-electron chi connectivity index (χ2n) is 5.97. The fourth-order valence-electron chi connectivity index (χ4n) is 3.00. The molecular formula is C16H20N4O2S2. The van der Waals surface area contributed by atoms with Gasteiger partial charge in [-0.2, -0.15) is 14.7 Å². The Labute approximate surface area is 146 Å². The Balaban J connectivity index is 2.03. The maximum Gasteiger partial charge on any atom is 0.246 e. The van der Waals surface area contributed by atoms with Gasteiger partial charge in [-0.05, 0) is 24.3 Å². The molecule has 0 aromatic carbocycles. The highest BCUT2D eigenvalue weighted by atomic mass is 32.2. The molecule has 1 aliphatic carbocycles. The van der Waals surface area contributed by atoms with Gasteiger partial charge in [0.2, 0.25) is 10.0 Å². The van der Waals surface area contributed by atoms with Gasteiger partial charge in [0.1, 0.15) is 10.6 Å². The van der Waals surface area contributed by atoms with E-state index in [1.807, 2.05) is 28.3 Å². The van der Waals surface area contributed by atoms with Crippen molar-refractivity contribution in [3.05, 3.63) is 23.7 Å². The van der Waals surface area contributed by atoms with Gasteiger partial charge < -0.3 is 0 Å². The van der Waals surface area contributed by atoms with Crippen molar-refractivity contribution in [3.63, 3.8) is 0 Å². The Kier molecular flexibility index (Phi) is 5.04. The van der Waals surface area contributed by atoms with Crippen LogP contribution < -0.4 is 0 Å². The molecule has 0 bridgehead atoms. The second kappa shape index (κ2) is 7.05. The first-order chi connectivity index (χ1) is 11.5. The van der Waals surface area contributed by atoms with Gasteiger partial charge in [0.05, 0.1) is 17.0 Å². The van der Waals surface area contributed by atoms with E-state index in [1.54, 1.807) is 6.20 Å². The highest BCUT2D eigenvalue weighted by molar-refractivity contribution is 7.89. The van der Waals surface area contributed by atoms with Gasteiger partial charge in [-0.15, -0.1) is 11.3 Å². The topological polar surface area (TPSA) is 79.0 Å². The summed E-state index contributed by atoms with van der Waals surface area (Å²) in [4.78, 5) is 1.08. The van der Waals surface area contributed by atoms with Gasteiger partial charge in [-0.3, -0.25) is 4.68 Å². The SMILES string of the molecule is CN(CCC#N)S(=O)(=O)c1cn(C2CCCC2)nc1-c1cccs1. The molecule has 0 atom stereocenters. The predicted molar refractivity (Wildman–Crippen MR) is 93.1 cm³/mol. The summed E-state index contributed by atoms with van der Waals surface area (Å²) in [6.07, 6.45) is 6.22. The molecule has 0 amide bonds. The fourth-order valence-corrected chi connectivity index (χ4v) is 5.09. The van der Waals surface area contributed by atoms with Gasteiger partial charge >= 0.3 is 0 Å². The number of thiophene rings is 1. The van der Waals surface area contributed by atoms with Crippen molar-refractivity contribution in [1.29, 1.82) is 5.26 Å². The zero-order valence-electron chi connectivity index (χ0n) is 13.6. The smallest absolute Gasteiger partial charge is 0.246 e. The average molecular weight is 364 g/mol. The Bertz CT molecular complexity index is 828. The van der Waals surface area contributed by atoms with Crippen molar-refractivity contribution in [2.45, 2.75) is 43.0 Å². The molecule has 0 saturated heterocycles. The van der Waals surface area contributed by atoms with Crippen LogP contribution >= 0.6 is 11.3 Å². The molecule has 1 fully saturated rings. The van der Waals surface area contributed by atoms with E-state index < -0.39 is 10.0 Å². The molecule has 0 aliphatic heterocycles. The molecule has 0 N–H and O–H groups in total. The minimum absolute atomic E-state index is 0.167. The number of sulfonamides is 1.